The van der Waals surface area contributed by atoms with Gasteiger partial charge >= 0.3 is 0 Å². The van der Waals surface area contributed by atoms with E-state index in [2.05, 4.69) is 22.8 Å². The molecule has 15 heavy (non-hydrogen) atoms. The third-order valence-corrected chi connectivity index (χ3v) is 3.19. The van der Waals surface area contributed by atoms with Crippen molar-refractivity contribution < 1.29 is 0 Å². The van der Waals surface area contributed by atoms with E-state index in [1.54, 1.807) is 0 Å². The van der Waals surface area contributed by atoms with Gasteiger partial charge in [-0.25, -0.2) is 0 Å². The Balaban J connectivity index is 3.04. The number of thioether (sulfide) groups is 1. The highest BCUT2D eigenvalue weighted by atomic mass is 32.2. The van der Waals surface area contributed by atoms with Gasteiger partial charge in [0.05, 0.1) is 11.3 Å². The van der Waals surface area contributed by atoms with Crippen LogP contribution < -0.4 is 0 Å². The summed E-state index contributed by atoms with van der Waals surface area (Å²) < 4.78 is 0. The van der Waals surface area contributed by atoms with E-state index in [1.807, 2.05) is 20.8 Å². The lowest BCUT2D eigenvalue weighted by Gasteiger charge is -2.05. The zero-order valence-corrected chi connectivity index (χ0v) is 9.98. The van der Waals surface area contributed by atoms with E-state index in [0.29, 0.717) is 10.6 Å². The lowest BCUT2D eigenvalue weighted by Crippen LogP contribution is -1.99. The Morgan fingerprint density at radius 2 is 2.13 bits per heavy atom. The second-order valence-electron chi connectivity index (χ2n) is 3.45. The summed E-state index contributed by atoms with van der Waals surface area (Å²) in [4.78, 5) is 0. The summed E-state index contributed by atoms with van der Waals surface area (Å²) in [6, 6.07) is 2.18. The average molecular weight is 219 g/mol. The van der Waals surface area contributed by atoms with Crippen molar-refractivity contribution in [3.05, 3.63) is 29.0 Å². The van der Waals surface area contributed by atoms with E-state index in [1.165, 1.54) is 11.8 Å². The first-order valence-electron chi connectivity index (χ1n) is 4.57. The maximum Gasteiger partial charge on any atom is 0.137 e. The molecule has 0 aromatic carbocycles. The summed E-state index contributed by atoms with van der Waals surface area (Å²) in [7, 11) is 0. The number of aromatic nitrogens is 2. The fourth-order valence-corrected chi connectivity index (χ4v) is 1.84. The molecule has 1 rings (SSSR count). The Bertz CT molecular complexity index is 432. The largest absolute Gasteiger partial charge is 0.192 e. The van der Waals surface area contributed by atoms with Gasteiger partial charge in [0.2, 0.25) is 0 Å². The smallest absolute Gasteiger partial charge is 0.137 e. The number of hydrogen-bond donors (Lipinski definition) is 0. The molecule has 0 N–H and O–H groups in total. The molecule has 0 saturated heterocycles. The molecule has 0 amide bonds. The molecule has 0 radical (unpaired) electrons. The van der Waals surface area contributed by atoms with Gasteiger partial charge in [0.1, 0.15) is 11.1 Å². The summed E-state index contributed by atoms with van der Waals surface area (Å²) in [6.07, 6.45) is 0. The van der Waals surface area contributed by atoms with Crippen molar-refractivity contribution in [3.63, 3.8) is 0 Å². The van der Waals surface area contributed by atoms with Crippen LogP contribution in [0.5, 0.6) is 0 Å². The molecule has 3 nitrogen and oxygen atoms in total. The summed E-state index contributed by atoms with van der Waals surface area (Å²) >= 11 is 1.51. The number of aryl methyl sites for hydroxylation is 1. The molecule has 0 unspecified atom stereocenters. The second-order valence-corrected chi connectivity index (χ2v) is 4.41. The van der Waals surface area contributed by atoms with E-state index in [-0.39, 0.29) is 0 Å². The van der Waals surface area contributed by atoms with Crippen LogP contribution in [0.3, 0.4) is 0 Å². The van der Waals surface area contributed by atoms with Gasteiger partial charge in [0.25, 0.3) is 0 Å². The Kier molecular flexibility index (Phi) is 3.87. The zero-order chi connectivity index (χ0) is 11.4. The molecule has 0 fully saturated rings. The minimum Gasteiger partial charge on any atom is -0.192 e. The first-order valence-corrected chi connectivity index (χ1v) is 5.56. The molecule has 0 saturated carbocycles. The number of rotatable bonds is 3. The first kappa shape index (κ1) is 11.7. The number of nitrogens with zero attached hydrogens (tertiary/aromatic N) is 3. The number of hydrogen-bond acceptors (Lipinski definition) is 4. The van der Waals surface area contributed by atoms with Crippen molar-refractivity contribution in [1.82, 2.24) is 10.2 Å². The molecule has 1 aromatic heterocycles. The van der Waals surface area contributed by atoms with E-state index in [4.69, 9.17) is 5.26 Å². The SMILES string of the molecule is C=C(C)CSc1nnc(C)c(C)c1C#N. The normalized spacial score (nSPS) is 9.73. The molecular formula is C11H13N3S. The van der Waals surface area contributed by atoms with Crippen LogP contribution in [-0.4, -0.2) is 16.0 Å². The van der Waals surface area contributed by atoms with Crippen molar-refractivity contribution in [2.45, 2.75) is 25.8 Å². The molecule has 0 aliphatic carbocycles. The Labute approximate surface area is 94.2 Å². The van der Waals surface area contributed by atoms with Gasteiger partial charge in [-0.1, -0.05) is 23.9 Å². The quantitative estimate of drug-likeness (QED) is 0.579. The lowest BCUT2D eigenvalue weighted by molar-refractivity contribution is 0.871. The van der Waals surface area contributed by atoms with Crippen LogP contribution in [-0.2, 0) is 0 Å². The highest BCUT2D eigenvalue weighted by molar-refractivity contribution is 7.99. The predicted octanol–water partition coefficient (Wildman–Crippen LogP) is 2.63. The van der Waals surface area contributed by atoms with E-state index < -0.39 is 0 Å². The zero-order valence-electron chi connectivity index (χ0n) is 9.16. The van der Waals surface area contributed by atoms with Crippen molar-refractivity contribution in [3.8, 4) is 6.07 Å². The van der Waals surface area contributed by atoms with Crippen LogP contribution >= 0.6 is 11.8 Å². The third-order valence-electron chi connectivity index (χ3n) is 1.99. The molecule has 1 aromatic rings. The van der Waals surface area contributed by atoms with Crippen LogP contribution in [0.2, 0.25) is 0 Å². The number of nitriles is 1. The summed E-state index contributed by atoms with van der Waals surface area (Å²) in [5, 5.41) is 17.8. The molecule has 0 spiro atoms. The molecular weight excluding hydrogens is 206 g/mol. The van der Waals surface area contributed by atoms with Crippen molar-refractivity contribution in [1.29, 1.82) is 5.26 Å². The Morgan fingerprint density at radius 1 is 1.47 bits per heavy atom. The summed E-state index contributed by atoms with van der Waals surface area (Å²) in [5.74, 6) is 0.770. The fourth-order valence-electron chi connectivity index (χ4n) is 1.01. The monoisotopic (exact) mass is 219 g/mol. The fraction of sp³-hybridized carbons (Fsp3) is 0.364. The van der Waals surface area contributed by atoms with Crippen LogP contribution in [0, 0.1) is 25.2 Å². The van der Waals surface area contributed by atoms with Gasteiger partial charge < -0.3 is 0 Å². The topological polar surface area (TPSA) is 49.6 Å². The Morgan fingerprint density at radius 3 is 2.67 bits per heavy atom. The van der Waals surface area contributed by atoms with Crippen molar-refractivity contribution in [2.24, 2.45) is 0 Å². The van der Waals surface area contributed by atoms with Crippen LogP contribution in [0.4, 0.5) is 0 Å². The van der Waals surface area contributed by atoms with Gasteiger partial charge in [-0.15, -0.1) is 5.10 Å². The van der Waals surface area contributed by atoms with Gasteiger partial charge in [-0.3, -0.25) is 0 Å². The standard InChI is InChI=1S/C11H13N3S/c1-7(2)6-15-11-10(5-12)8(3)9(4)13-14-11/h1,6H2,2-4H3. The van der Waals surface area contributed by atoms with Gasteiger partial charge in [0.15, 0.2) is 0 Å². The molecule has 0 aliphatic rings. The molecule has 1 heterocycles. The van der Waals surface area contributed by atoms with Gasteiger partial charge in [-0.2, -0.15) is 10.4 Å². The average Bonchev–Trinajstić information content (AvgIpc) is 2.19. The first-order chi connectivity index (χ1) is 7.06. The third kappa shape index (κ3) is 2.80. The highest BCUT2D eigenvalue weighted by Gasteiger charge is 2.10. The summed E-state index contributed by atoms with van der Waals surface area (Å²) in [5.41, 5.74) is 3.42. The molecule has 0 aliphatic heterocycles. The van der Waals surface area contributed by atoms with Crippen LogP contribution in [0.15, 0.2) is 17.2 Å². The predicted molar refractivity (Wildman–Crippen MR) is 61.8 cm³/mol. The molecule has 0 bridgehead atoms. The maximum atomic E-state index is 9.04. The van der Waals surface area contributed by atoms with E-state index in [9.17, 15) is 0 Å². The van der Waals surface area contributed by atoms with Crippen molar-refractivity contribution >= 4 is 11.8 Å². The molecule has 0 atom stereocenters. The van der Waals surface area contributed by atoms with E-state index >= 15 is 0 Å². The Hall–Kier alpha value is -1.34. The maximum absolute atomic E-state index is 9.04. The van der Waals surface area contributed by atoms with E-state index in [0.717, 1.165) is 22.6 Å². The highest BCUT2D eigenvalue weighted by Crippen LogP contribution is 2.24. The minimum atomic E-state index is 0.633. The van der Waals surface area contributed by atoms with Gasteiger partial charge in [-0.05, 0) is 26.3 Å². The van der Waals surface area contributed by atoms with Crippen LogP contribution in [0.1, 0.15) is 23.7 Å². The van der Waals surface area contributed by atoms with Crippen molar-refractivity contribution in [2.75, 3.05) is 5.75 Å². The second kappa shape index (κ2) is 4.94. The summed E-state index contributed by atoms with van der Waals surface area (Å²) in [6.45, 7) is 9.52. The molecule has 4 heteroatoms. The lowest BCUT2D eigenvalue weighted by atomic mass is 10.1. The van der Waals surface area contributed by atoms with Crippen LogP contribution in [0.25, 0.3) is 0 Å². The minimum absolute atomic E-state index is 0.633. The van der Waals surface area contributed by atoms with Gasteiger partial charge in [0, 0.05) is 5.75 Å². The molecule has 78 valence electrons.